The van der Waals surface area contributed by atoms with Crippen molar-refractivity contribution in [3.8, 4) is 0 Å². The number of rotatable bonds is 69. The molecule has 0 aromatic carbocycles. The number of phosphoric ester groups is 2. The summed E-state index contributed by atoms with van der Waals surface area (Å²) < 4.78 is 68.3. The molecule has 0 saturated heterocycles. The molecule has 0 aliphatic carbocycles. The highest BCUT2D eigenvalue weighted by molar-refractivity contribution is 7.47. The summed E-state index contributed by atoms with van der Waals surface area (Å²) in [4.78, 5) is 72.6. The lowest BCUT2D eigenvalue weighted by atomic mass is 10.00. The zero-order chi connectivity index (χ0) is 67.5. The van der Waals surface area contributed by atoms with E-state index < -0.39 is 97.5 Å². The summed E-state index contributed by atoms with van der Waals surface area (Å²) >= 11 is 0. The maximum absolute atomic E-state index is 13.0. The highest BCUT2D eigenvalue weighted by Gasteiger charge is 2.30. The Hall–Kier alpha value is -1.94. The van der Waals surface area contributed by atoms with Gasteiger partial charge in [-0.2, -0.15) is 0 Å². The standard InChI is InChI=1S/C72H140O17P2/c1-9-65(8)51-43-35-30-31-39-47-55-72(77)89-68(59-83-70(75)53-45-37-29-23-26-34-42-50-64(6)7)61-87-91(80,81)85-57-66(73)56-84-90(78,79)86-60-67(58-82-69(74)52-44-36-27-21-17-14-13-16-20-25-33-41-49-63(4)5)88-71(76)54-46-38-28-22-18-12-10-11-15-19-24-32-40-48-62(2)3/h62-68,73H,9-61H2,1-8H3,(H,78,79)(H,80,81)/t65?,66?,67-,68-/m1/s1. The molecule has 6 atom stereocenters. The second-order valence-electron chi connectivity index (χ2n) is 27.6. The largest absolute Gasteiger partial charge is 0.472 e. The van der Waals surface area contributed by atoms with Crippen LogP contribution in [0.1, 0.15) is 357 Å². The van der Waals surface area contributed by atoms with Gasteiger partial charge < -0.3 is 33.8 Å². The van der Waals surface area contributed by atoms with Crippen LogP contribution in [0.25, 0.3) is 0 Å². The molecule has 0 aliphatic heterocycles. The Labute approximate surface area is 556 Å². The first kappa shape index (κ1) is 89.1. The molecule has 0 radical (unpaired) electrons. The SMILES string of the molecule is CCC(C)CCCCCCCCC(=O)O[C@H](COC(=O)CCCCCCCCCC(C)C)COP(=O)(O)OCC(O)COP(=O)(O)OC[C@@H](COC(=O)CCCCCCCCCCCCCCC(C)C)OC(=O)CCCCCCCCCCCCCCCC(C)C. The molecular formula is C72H140O17P2. The lowest BCUT2D eigenvalue weighted by Crippen LogP contribution is -2.30. The number of hydrogen-bond acceptors (Lipinski definition) is 15. The predicted octanol–water partition coefficient (Wildman–Crippen LogP) is 20.5. The fourth-order valence-corrected chi connectivity index (χ4v) is 12.4. The molecule has 0 amide bonds. The van der Waals surface area contributed by atoms with Crippen LogP contribution in [0.2, 0.25) is 0 Å². The number of phosphoric acid groups is 2. The van der Waals surface area contributed by atoms with Gasteiger partial charge in [0.2, 0.25) is 0 Å². The van der Waals surface area contributed by atoms with Crippen LogP contribution < -0.4 is 0 Å². The third-order valence-corrected chi connectivity index (χ3v) is 18.8. The van der Waals surface area contributed by atoms with E-state index in [0.29, 0.717) is 31.6 Å². The average Bonchev–Trinajstić information content (AvgIpc) is 3.64. The van der Waals surface area contributed by atoms with E-state index >= 15 is 0 Å². The Morgan fingerprint density at radius 3 is 0.780 bits per heavy atom. The molecule has 0 aromatic rings. The first-order valence-corrected chi connectivity index (χ1v) is 40.2. The lowest BCUT2D eigenvalue weighted by Gasteiger charge is -2.21. The third-order valence-electron chi connectivity index (χ3n) is 16.9. The molecule has 0 rings (SSSR count). The van der Waals surface area contributed by atoms with Gasteiger partial charge >= 0.3 is 39.5 Å². The minimum absolute atomic E-state index is 0.102. The van der Waals surface area contributed by atoms with Crippen molar-refractivity contribution in [1.82, 2.24) is 0 Å². The van der Waals surface area contributed by atoms with Crippen LogP contribution in [0.4, 0.5) is 0 Å². The first-order chi connectivity index (χ1) is 43.6. The molecule has 0 saturated carbocycles. The number of aliphatic hydroxyl groups is 1. The van der Waals surface area contributed by atoms with Gasteiger partial charge in [-0.25, -0.2) is 9.13 Å². The number of aliphatic hydroxyl groups excluding tert-OH is 1. The van der Waals surface area contributed by atoms with E-state index in [4.69, 9.17) is 37.0 Å². The van der Waals surface area contributed by atoms with Gasteiger partial charge in [-0.05, 0) is 49.4 Å². The molecule has 4 unspecified atom stereocenters. The predicted molar refractivity (Wildman–Crippen MR) is 367 cm³/mol. The Balaban J connectivity index is 5.25. The highest BCUT2D eigenvalue weighted by Crippen LogP contribution is 2.45. The fraction of sp³-hybridized carbons (Fsp3) is 0.944. The molecule has 0 spiro atoms. The molecule has 0 aliphatic rings. The Bertz CT molecular complexity index is 1800. The molecule has 0 fully saturated rings. The van der Waals surface area contributed by atoms with Gasteiger partial charge in [0.05, 0.1) is 26.4 Å². The van der Waals surface area contributed by atoms with E-state index in [1.165, 1.54) is 154 Å². The molecule has 0 aromatic heterocycles. The number of hydrogen-bond donors (Lipinski definition) is 3. The van der Waals surface area contributed by atoms with Crippen molar-refractivity contribution in [3.05, 3.63) is 0 Å². The maximum Gasteiger partial charge on any atom is 0.472 e. The zero-order valence-corrected chi connectivity index (χ0v) is 61.3. The monoisotopic (exact) mass is 1340 g/mol. The zero-order valence-electron chi connectivity index (χ0n) is 59.5. The van der Waals surface area contributed by atoms with Crippen LogP contribution in [0.15, 0.2) is 0 Å². The van der Waals surface area contributed by atoms with E-state index in [-0.39, 0.29) is 25.7 Å². The van der Waals surface area contributed by atoms with Gasteiger partial charge in [-0.15, -0.1) is 0 Å². The van der Waals surface area contributed by atoms with Crippen LogP contribution >= 0.6 is 15.6 Å². The number of esters is 4. The van der Waals surface area contributed by atoms with Gasteiger partial charge in [0, 0.05) is 25.7 Å². The van der Waals surface area contributed by atoms with Crippen molar-refractivity contribution in [2.45, 2.75) is 375 Å². The Morgan fingerprint density at radius 2 is 0.527 bits per heavy atom. The second kappa shape index (κ2) is 61.6. The van der Waals surface area contributed by atoms with E-state index in [1.54, 1.807) is 0 Å². The van der Waals surface area contributed by atoms with Crippen molar-refractivity contribution < 1.29 is 80.2 Å². The molecule has 3 N–H and O–H groups in total. The first-order valence-electron chi connectivity index (χ1n) is 37.2. The van der Waals surface area contributed by atoms with Gasteiger partial charge in [-0.1, -0.05) is 306 Å². The van der Waals surface area contributed by atoms with Crippen molar-refractivity contribution in [2.75, 3.05) is 39.6 Å². The summed E-state index contributed by atoms with van der Waals surface area (Å²) in [5.41, 5.74) is 0. The number of carbonyl (C=O) groups is 4. The summed E-state index contributed by atoms with van der Waals surface area (Å²) in [5, 5.41) is 10.6. The second-order valence-corrected chi connectivity index (χ2v) is 30.6. The molecule has 0 heterocycles. The molecule has 17 nitrogen and oxygen atoms in total. The fourth-order valence-electron chi connectivity index (χ4n) is 10.8. The Kier molecular flexibility index (Phi) is 60.3. The van der Waals surface area contributed by atoms with Crippen LogP contribution in [0, 0.1) is 23.7 Å². The third kappa shape index (κ3) is 65.1. The summed E-state index contributed by atoms with van der Waals surface area (Å²) in [6.45, 7) is 14.1. The molecule has 19 heteroatoms. The van der Waals surface area contributed by atoms with Gasteiger partial charge in [0.1, 0.15) is 19.3 Å². The Morgan fingerprint density at radius 1 is 0.308 bits per heavy atom. The van der Waals surface area contributed by atoms with Gasteiger partial charge in [-0.3, -0.25) is 37.3 Å². The quantitative estimate of drug-likeness (QED) is 0.0222. The van der Waals surface area contributed by atoms with Crippen LogP contribution in [0.5, 0.6) is 0 Å². The normalized spacial score (nSPS) is 14.5. The number of carbonyl (C=O) groups excluding carboxylic acids is 4. The maximum atomic E-state index is 13.0. The lowest BCUT2D eigenvalue weighted by molar-refractivity contribution is -0.161. The summed E-state index contributed by atoms with van der Waals surface area (Å²) in [7, 11) is -9.91. The molecule has 540 valence electrons. The summed E-state index contributed by atoms with van der Waals surface area (Å²) in [5.74, 6) is 0.864. The van der Waals surface area contributed by atoms with Crippen LogP contribution in [-0.4, -0.2) is 96.7 Å². The molecule has 91 heavy (non-hydrogen) atoms. The molecule has 0 bridgehead atoms. The van der Waals surface area contributed by atoms with Crippen molar-refractivity contribution in [2.24, 2.45) is 23.7 Å². The minimum Gasteiger partial charge on any atom is -0.462 e. The number of unbranched alkanes of at least 4 members (excludes halogenated alkanes) is 34. The summed E-state index contributed by atoms with van der Waals surface area (Å²) in [6.07, 6.45) is 44.5. The van der Waals surface area contributed by atoms with Gasteiger partial charge in [0.15, 0.2) is 12.2 Å². The van der Waals surface area contributed by atoms with Crippen molar-refractivity contribution in [1.29, 1.82) is 0 Å². The van der Waals surface area contributed by atoms with Gasteiger partial charge in [0.25, 0.3) is 0 Å². The van der Waals surface area contributed by atoms with Crippen LogP contribution in [0.3, 0.4) is 0 Å². The van der Waals surface area contributed by atoms with Crippen molar-refractivity contribution in [3.63, 3.8) is 0 Å². The summed E-state index contributed by atoms with van der Waals surface area (Å²) in [6, 6.07) is 0. The van der Waals surface area contributed by atoms with E-state index in [2.05, 4.69) is 55.4 Å². The number of ether oxygens (including phenoxy) is 4. The smallest absolute Gasteiger partial charge is 0.462 e. The highest BCUT2D eigenvalue weighted by atomic mass is 31.2. The van der Waals surface area contributed by atoms with Crippen LogP contribution in [-0.2, 0) is 65.4 Å². The van der Waals surface area contributed by atoms with E-state index in [0.717, 1.165) is 114 Å². The molecular weight excluding hydrogens is 1200 g/mol. The van der Waals surface area contributed by atoms with Crippen molar-refractivity contribution >= 4 is 39.5 Å². The average molecular weight is 1340 g/mol. The minimum atomic E-state index is -4.96. The van der Waals surface area contributed by atoms with E-state index in [1.807, 2.05) is 0 Å². The topological polar surface area (TPSA) is 237 Å². The van der Waals surface area contributed by atoms with E-state index in [9.17, 15) is 43.2 Å².